The third-order valence-corrected chi connectivity index (χ3v) is 4.61. The van der Waals surface area contributed by atoms with Crippen molar-refractivity contribution >= 4 is 0 Å². The summed E-state index contributed by atoms with van der Waals surface area (Å²) >= 11 is 0. The van der Waals surface area contributed by atoms with Crippen LogP contribution in [0.4, 0.5) is 0 Å². The number of nitrogens with two attached hydrogens (primary N) is 1. The lowest BCUT2D eigenvalue weighted by Gasteiger charge is -2.52. The van der Waals surface area contributed by atoms with E-state index in [-0.39, 0.29) is 5.41 Å². The maximum atomic E-state index is 5.78. The molecular weight excluding hydrogens is 236 g/mol. The summed E-state index contributed by atoms with van der Waals surface area (Å²) in [6, 6.07) is 0.956. The molecule has 1 saturated carbocycles. The van der Waals surface area contributed by atoms with Crippen molar-refractivity contribution in [1.82, 2.24) is 5.32 Å². The summed E-state index contributed by atoms with van der Waals surface area (Å²) in [4.78, 5) is 0. The standard InChI is InChI=1S/C16H34N2O/c1-6-19-15-10-14(16(15,4)5)18-11-12(2)8-7-9-13(3)17/h12-15,18H,6-11,17H2,1-5H3. The minimum absolute atomic E-state index is 0.279. The minimum Gasteiger partial charge on any atom is -0.378 e. The van der Waals surface area contributed by atoms with Gasteiger partial charge in [0.25, 0.3) is 0 Å². The Morgan fingerprint density at radius 1 is 1.32 bits per heavy atom. The molecule has 1 fully saturated rings. The molecule has 0 radical (unpaired) electrons. The van der Waals surface area contributed by atoms with Gasteiger partial charge in [0.05, 0.1) is 6.10 Å². The van der Waals surface area contributed by atoms with Crippen molar-refractivity contribution in [3.63, 3.8) is 0 Å². The molecule has 0 aromatic carbocycles. The molecule has 4 atom stereocenters. The summed E-state index contributed by atoms with van der Waals surface area (Å²) < 4.78 is 5.77. The molecule has 0 amide bonds. The Bertz CT molecular complexity index is 253. The van der Waals surface area contributed by atoms with Gasteiger partial charge in [-0.1, -0.05) is 27.2 Å². The van der Waals surface area contributed by atoms with Crippen LogP contribution in [0, 0.1) is 11.3 Å². The average molecular weight is 270 g/mol. The summed E-state index contributed by atoms with van der Waals surface area (Å²) in [6.07, 6.45) is 5.26. The van der Waals surface area contributed by atoms with Gasteiger partial charge in [-0.3, -0.25) is 0 Å². The summed E-state index contributed by atoms with van der Waals surface area (Å²) in [5, 5.41) is 3.72. The lowest BCUT2D eigenvalue weighted by molar-refractivity contribution is -0.114. The quantitative estimate of drug-likeness (QED) is 0.677. The zero-order valence-corrected chi connectivity index (χ0v) is 13.5. The van der Waals surface area contributed by atoms with E-state index in [0.29, 0.717) is 18.2 Å². The maximum Gasteiger partial charge on any atom is 0.0655 e. The molecule has 0 saturated heterocycles. The molecule has 3 N–H and O–H groups in total. The van der Waals surface area contributed by atoms with Crippen molar-refractivity contribution in [3.8, 4) is 0 Å². The van der Waals surface area contributed by atoms with Crippen LogP contribution in [0.15, 0.2) is 0 Å². The molecule has 0 aliphatic heterocycles. The number of nitrogens with one attached hydrogen (secondary N) is 1. The fourth-order valence-electron chi connectivity index (χ4n) is 2.95. The summed E-state index contributed by atoms with van der Waals surface area (Å²) in [5.41, 5.74) is 6.06. The molecular formula is C16H34N2O. The molecule has 114 valence electrons. The normalized spacial score (nSPS) is 28.7. The van der Waals surface area contributed by atoms with Gasteiger partial charge >= 0.3 is 0 Å². The van der Waals surface area contributed by atoms with Gasteiger partial charge < -0.3 is 15.8 Å². The van der Waals surface area contributed by atoms with Crippen LogP contribution < -0.4 is 11.1 Å². The van der Waals surface area contributed by atoms with Crippen molar-refractivity contribution in [1.29, 1.82) is 0 Å². The Kier molecular flexibility index (Phi) is 6.78. The summed E-state index contributed by atoms with van der Waals surface area (Å²) in [5.74, 6) is 0.737. The molecule has 3 nitrogen and oxygen atoms in total. The van der Waals surface area contributed by atoms with Crippen molar-refractivity contribution in [2.75, 3.05) is 13.2 Å². The Balaban J connectivity index is 2.16. The Morgan fingerprint density at radius 2 is 2.00 bits per heavy atom. The van der Waals surface area contributed by atoms with Crippen molar-refractivity contribution < 1.29 is 4.74 Å². The van der Waals surface area contributed by atoms with E-state index in [4.69, 9.17) is 10.5 Å². The van der Waals surface area contributed by atoms with E-state index in [1.807, 2.05) is 0 Å². The largest absolute Gasteiger partial charge is 0.378 e. The monoisotopic (exact) mass is 270 g/mol. The van der Waals surface area contributed by atoms with E-state index < -0.39 is 0 Å². The summed E-state index contributed by atoms with van der Waals surface area (Å²) in [7, 11) is 0. The van der Waals surface area contributed by atoms with Crippen LogP contribution in [0.3, 0.4) is 0 Å². The summed E-state index contributed by atoms with van der Waals surface area (Å²) in [6.45, 7) is 13.1. The van der Waals surface area contributed by atoms with Gasteiger partial charge in [-0.2, -0.15) is 0 Å². The van der Waals surface area contributed by atoms with E-state index >= 15 is 0 Å². The van der Waals surface area contributed by atoms with E-state index in [2.05, 4.69) is 39.9 Å². The highest BCUT2D eigenvalue weighted by Gasteiger charge is 2.48. The molecule has 1 rings (SSSR count). The molecule has 1 aliphatic carbocycles. The highest BCUT2D eigenvalue weighted by atomic mass is 16.5. The average Bonchev–Trinajstić information content (AvgIpc) is 2.32. The van der Waals surface area contributed by atoms with Crippen LogP contribution in [0.5, 0.6) is 0 Å². The Morgan fingerprint density at radius 3 is 2.53 bits per heavy atom. The highest BCUT2D eigenvalue weighted by Crippen LogP contribution is 2.42. The number of hydrogen-bond donors (Lipinski definition) is 2. The second-order valence-electron chi connectivity index (χ2n) is 6.98. The highest BCUT2D eigenvalue weighted by molar-refractivity contribution is 5.02. The third-order valence-electron chi connectivity index (χ3n) is 4.61. The predicted octanol–water partition coefficient (Wildman–Crippen LogP) is 2.93. The first-order valence-electron chi connectivity index (χ1n) is 7.98. The van der Waals surface area contributed by atoms with Crippen LogP contribution >= 0.6 is 0 Å². The topological polar surface area (TPSA) is 47.3 Å². The van der Waals surface area contributed by atoms with Crippen LogP contribution in [-0.4, -0.2) is 31.3 Å². The molecule has 4 unspecified atom stereocenters. The first-order valence-corrected chi connectivity index (χ1v) is 7.98. The zero-order valence-electron chi connectivity index (χ0n) is 13.5. The molecule has 19 heavy (non-hydrogen) atoms. The molecule has 0 aromatic rings. The molecule has 0 bridgehead atoms. The fourth-order valence-corrected chi connectivity index (χ4v) is 2.95. The van der Waals surface area contributed by atoms with Crippen molar-refractivity contribution in [2.45, 2.75) is 78.5 Å². The molecule has 1 aliphatic rings. The molecule has 3 heteroatoms. The van der Waals surface area contributed by atoms with Gasteiger partial charge in [0.2, 0.25) is 0 Å². The van der Waals surface area contributed by atoms with E-state index in [9.17, 15) is 0 Å². The third kappa shape index (κ3) is 5.05. The van der Waals surface area contributed by atoms with Crippen molar-refractivity contribution in [3.05, 3.63) is 0 Å². The lowest BCUT2D eigenvalue weighted by atomic mass is 9.64. The van der Waals surface area contributed by atoms with Crippen LogP contribution in [0.25, 0.3) is 0 Å². The van der Waals surface area contributed by atoms with Gasteiger partial charge in [0.1, 0.15) is 0 Å². The first kappa shape index (κ1) is 16.9. The lowest BCUT2D eigenvalue weighted by Crippen LogP contribution is -2.61. The molecule has 0 heterocycles. The van der Waals surface area contributed by atoms with Crippen LogP contribution in [0.1, 0.15) is 60.3 Å². The van der Waals surface area contributed by atoms with Gasteiger partial charge in [0.15, 0.2) is 0 Å². The fraction of sp³-hybridized carbons (Fsp3) is 1.00. The van der Waals surface area contributed by atoms with E-state index in [0.717, 1.165) is 31.9 Å². The number of ether oxygens (including phenoxy) is 1. The second-order valence-corrected chi connectivity index (χ2v) is 6.98. The van der Waals surface area contributed by atoms with Gasteiger partial charge in [0, 0.05) is 24.1 Å². The molecule has 0 aromatic heterocycles. The van der Waals surface area contributed by atoms with Crippen LogP contribution in [-0.2, 0) is 4.74 Å². The maximum absolute atomic E-state index is 5.78. The molecule has 0 spiro atoms. The second kappa shape index (κ2) is 7.61. The van der Waals surface area contributed by atoms with Gasteiger partial charge in [-0.05, 0) is 45.6 Å². The minimum atomic E-state index is 0.279. The first-order chi connectivity index (χ1) is 8.87. The Hall–Kier alpha value is -0.120. The number of hydrogen-bond acceptors (Lipinski definition) is 3. The van der Waals surface area contributed by atoms with Crippen molar-refractivity contribution in [2.24, 2.45) is 17.1 Å². The van der Waals surface area contributed by atoms with E-state index in [1.165, 1.54) is 12.8 Å². The SMILES string of the molecule is CCOC1CC(NCC(C)CCCC(C)N)C1(C)C. The number of rotatable bonds is 9. The van der Waals surface area contributed by atoms with Gasteiger partial charge in [-0.15, -0.1) is 0 Å². The van der Waals surface area contributed by atoms with Gasteiger partial charge in [-0.25, -0.2) is 0 Å². The van der Waals surface area contributed by atoms with E-state index in [1.54, 1.807) is 0 Å². The zero-order chi connectivity index (χ0) is 14.5. The van der Waals surface area contributed by atoms with Crippen LogP contribution in [0.2, 0.25) is 0 Å². The smallest absolute Gasteiger partial charge is 0.0655 e. The predicted molar refractivity (Wildman–Crippen MR) is 82.3 cm³/mol. The Labute approximate surface area is 119 Å².